The quantitative estimate of drug-likeness (QED) is 0.495. The van der Waals surface area contributed by atoms with Crippen molar-refractivity contribution in [2.45, 2.75) is 56.1 Å². The van der Waals surface area contributed by atoms with Crippen molar-refractivity contribution < 1.29 is 0 Å². The van der Waals surface area contributed by atoms with Crippen LogP contribution in [-0.2, 0) is 0 Å². The summed E-state index contributed by atoms with van der Waals surface area (Å²) in [4.78, 5) is 14.4. The second-order valence-corrected chi connectivity index (χ2v) is 10.0. The first kappa shape index (κ1) is 21.3. The fourth-order valence-electron chi connectivity index (χ4n) is 6.02. The number of likely N-dealkylation sites (N-methyl/N-ethyl adjacent to an activating group) is 1. The predicted molar refractivity (Wildman–Crippen MR) is 132 cm³/mol. The smallest absolute Gasteiger partial charge is 0.153 e. The van der Waals surface area contributed by atoms with Gasteiger partial charge in [-0.2, -0.15) is 10.4 Å². The molecule has 3 atom stereocenters. The molecule has 3 saturated heterocycles. The van der Waals surface area contributed by atoms with Crippen LogP contribution < -0.4 is 10.6 Å². The molecular formula is C25H31N9. The first-order valence-electron chi connectivity index (χ1n) is 12.3. The number of aromatic nitrogens is 4. The fourth-order valence-corrected chi connectivity index (χ4v) is 6.02. The van der Waals surface area contributed by atoms with Crippen LogP contribution in [0.15, 0.2) is 30.5 Å². The van der Waals surface area contributed by atoms with Crippen LogP contribution in [0.1, 0.15) is 43.7 Å². The minimum atomic E-state index is 0.370. The number of hydrogen-bond donors (Lipinski definition) is 3. The number of nitrogens with zero attached hydrogens (tertiary/aromatic N) is 6. The van der Waals surface area contributed by atoms with Crippen molar-refractivity contribution in [3.05, 3.63) is 36.2 Å². The number of fused-ring (bicyclic) bond motifs is 3. The average Bonchev–Trinajstić information content (AvgIpc) is 3.36. The van der Waals surface area contributed by atoms with Crippen LogP contribution in [0.3, 0.4) is 0 Å². The molecule has 9 heteroatoms. The second kappa shape index (κ2) is 8.85. The van der Waals surface area contributed by atoms with Crippen molar-refractivity contribution in [2.24, 2.45) is 0 Å². The average molecular weight is 458 g/mol. The van der Waals surface area contributed by atoms with Crippen molar-refractivity contribution in [3.8, 4) is 6.07 Å². The molecule has 3 aromatic rings. The third-order valence-corrected chi connectivity index (χ3v) is 7.66. The SMILES string of the molecule is CN1CC(c2cc(Nc3cc4ncccc4c(N[C@@H]4C[C@H]5CC[C@@H](C4)N5CCC#N)n3)n[nH]2)C1. The Balaban J connectivity index is 1.21. The highest BCUT2D eigenvalue weighted by Crippen LogP contribution is 2.37. The van der Waals surface area contributed by atoms with E-state index in [1.54, 1.807) is 0 Å². The van der Waals surface area contributed by atoms with Crippen LogP contribution >= 0.6 is 0 Å². The van der Waals surface area contributed by atoms with E-state index in [0.717, 1.165) is 66.5 Å². The molecule has 0 radical (unpaired) electrons. The van der Waals surface area contributed by atoms with E-state index >= 15 is 0 Å². The lowest BCUT2D eigenvalue weighted by Gasteiger charge is -2.39. The number of aromatic amines is 1. The highest BCUT2D eigenvalue weighted by atomic mass is 15.2. The third-order valence-electron chi connectivity index (χ3n) is 7.66. The Bertz CT molecular complexity index is 1190. The van der Waals surface area contributed by atoms with Crippen LogP contribution in [0.4, 0.5) is 17.5 Å². The molecule has 3 aromatic heterocycles. The van der Waals surface area contributed by atoms with E-state index in [1.807, 2.05) is 18.3 Å². The van der Waals surface area contributed by atoms with Crippen molar-refractivity contribution in [2.75, 3.05) is 37.3 Å². The number of likely N-dealkylation sites (tertiary alicyclic amines) is 1. The maximum Gasteiger partial charge on any atom is 0.153 e. The molecule has 2 bridgehead atoms. The third kappa shape index (κ3) is 4.08. The molecule has 0 aliphatic carbocycles. The zero-order valence-electron chi connectivity index (χ0n) is 19.5. The second-order valence-electron chi connectivity index (χ2n) is 10.0. The van der Waals surface area contributed by atoms with Gasteiger partial charge in [-0.25, -0.2) is 4.98 Å². The molecule has 3 fully saturated rings. The molecule has 6 heterocycles. The Morgan fingerprint density at radius 2 is 2.00 bits per heavy atom. The van der Waals surface area contributed by atoms with Gasteiger partial charge < -0.3 is 15.5 Å². The van der Waals surface area contributed by atoms with E-state index in [-0.39, 0.29) is 0 Å². The molecule has 0 unspecified atom stereocenters. The summed E-state index contributed by atoms with van der Waals surface area (Å²) in [5, 5.41) is 24.8. The lowest BCUT2D eigenvalue weighted by molar-refractivity contribution is 0.136. The molecule has 0 aromatic carbocycles. The lowest BCUT2D eigenvalue weighted by Crippen LogP contribution is -2.47. The van der Waals surface area contributed by atoms with Crippen molar-refractivity contribution in [1.82, 2.24) is 30.0 Å². The van der Waals surface area contributed by atoms with Gasteiger partial charge in [0.2, 0.25) is 0 Å². The first-order chi connectivity index (χ1) is 16.7. The number of anilines is 3. The molecule has 9 nitrogen and oxygen atoms in total. The summed E-state index contributed by atoms with van der Waals surface area (Å²) in [5.41, 5.74) is 2.07. The summed E-state index contributed by atoms with van der Waals surface area (Å²) in [6.07, 6.45) is 7.06. The van der Waals surface area contributed by atoms with E-state index in [9.17, 15) is 0 Å². The van der Waals surface area contributed by atoms with Crippen LogP contribution in [0.5, 0.6) is 0 Å². The minimum absolute atomic E-state index is 0.370. The standard InChI is InChI=1S/C25H31N9/c1-33-14-16(15-33)21-12-24(32-31-21)29-23-13-22-20(4-2-8-27-22)25(30-23)28-17-10-18-5-6-19(11-17)34(18)9-3-7-26/h2,4,8,12-13,16-19H,3,5-6,9-11,14-15H2,1H3,(H3,28,29,30,31,32)/t17-,18-,19+. The monoisotopic (exact) mass is 457 g/mol. The normalized spacial score (nSPS) is 25.2. The van der Waals surface area contributed by atoms with E-state index < -0.39 is 0 Å². The number of H-pyrrole nitrogens is 1. The molecule has 176 valence electrons. The molecule has 0 saturated carbocycles. The maximum atomic E-state index is 9.01. The summed E-state index contributed by atoms with van der Waals surface area (Å²) in [5.74, 6) is 2.92. The van der Waals surface area contributed by atoms with Gasteiger partial charge in [-0.3, -0.25) is 15.0 Å². The van der Waals surface area contributed by atoms with E-state index in [4.69, 9.17) is 10.2 Å². The summed E-state index contributed by atoms with van der Waals surface area (Å²) < 4.78 is 0. The lowest BCUT2D eigenvalue weighted by atomic mass is 9.97. The van der Waals surface area contributed by atoms with E-state index in [1.165, 1.54) is 12.8 Å². The van der Waals surface area contributed by atoms with Crippen LogP contribution in [0.25, 0.3) is 10.9 Å². The van der Waals surface area contributed by atoms with Gasteiger partial charge in [-0.1, -0.05) is 0 Å². The number of nitrogens with one attached hydrogen (secondary N) is 3. The topological polar surface area (TPSA) is 109 Å². The van der Waals surface area contributed by atoms with Gasteiger partial charge in [0, 0.05) is 79.5 Å². The molecule has 0 amide bonds. The van der Waals surface area contributed by atoms with Crippen molar-refractivity contribution in [3.63, 3.8) is 0 Å². The van der Waals surface area contributed by atoms with Gasteiger partial charge in [0.05, 0.1) is 11.6 Å². The van der Waals surface area contributed by atoms with Crippen LogP contribution in [0, 0.1) is 11.3 Å². The summed E-state index contributed by atoms with van der Waals surface area (Å²) in [6, 6.07) is 11.9. The Morgan fingerprint density at radius 1 is 1.18 bits per heavy atom. The number of rotatable bonds is 7. The van der Waals surface area contributed by atoms with Gasteiger partial charge in [0.25, 0.3) is 0 Å². The molecule has 6 rings (SSSR count). The van der Waals surface area contributed by atoms with Crippen molar-refractivity contribution in [1.29, 1.82) is 5.26 Å². The zero-order chi connectivity index (χ0) is 23.1. The molecule has 3 aliphatic heterocycles. The summed E-state index contributed by atoms with van der Waals surface area (Å²) in [6.45, 7) is 3.02. The zero-order valence-corrected chi connectivity index (χ0v) is 19.5. The van der Waals surface area contributed by atoms with Gasteiger partial charge in [-0.05, 0) is 44.9 Å². The molecule has 3 aliphatic rings. The summed E-state index contributed by atoms with van der Waals surface area (Å²) in [7, 11) is 2.13. The highest BCUT2D eigenvalue weighted by molar-refractivity contribution is 5.91. The predicted octanol–water partition coefficient (Wildman–Crippen LogP) is 3.45. The van der Waals surface area contributed by atoms with Gasteiger partial charge >= 0.3 is 0 Å². The van der Waals surface area contributed by atoms with Crippen molar-refractivity contribution >= 4 is 28.4 Å². The number of nitriles is 1. The van der Waals surface area contributed by atoms with Crippen LogP contribution in [0.2, 0.25) is 0 Å². The largest absolute Gasteiger partial charge is 0.367 e. The van der Waals surface area contributed by atoms with Crippen LogP contribution in [-0.4, -0.2) is 74.8 Å². The Hall–Kier alpha value is -3.22. The summed E-state index contributed by atoms with van der Waals surface area (Å²) >= 11 is 0. The van der Waals surface area contributed by atoms with Gasteiger partial charge in [0.1, 0.15) is 11.6 Å². The Kier molecular flexibility index (Phi) is 5.55. The highest BCUT2D eigenvalue weighted by Gasteiger charge is 2.40. The Morgan fingerprint density at radius 3 is 2.76 bits per heavy atom. The molecule has 3 N–H and O–H groups in total. The fraction of sp³-hybridized carbons (Fsp3) is 0.520. The Labute approximate surface area is 199 Å². The first-order valence-corrected chi connectivity index (χ1v) is 12.3. The van der Waals surface area contributed by atoms with E-state index in [0.29, 0.717) is 30.5 Å². The maximum absolute atomic E-state index is 9.01. The number of pyridine rings is 2. The van der Waals surface area contributed by atoms with E-state index in [2.05, 4.69) is 60.9 Å². The van der Waals surface area contributed by atoms with Gasteiger partial charge in [0.15, 0.2) is 5.82 Å². The molecule has 34 heavy (non-hydrogen) atoms. The molecule has 0 spiro atoms. The molecular weight excluding hydrogens is 426 g/mol. The number of piperidine rings is 1. The van der Waals surface area contributed by atoms with Gasteiger partial charge in [-0.15, -0.1) is 0 Å². The minimum Gasteiger partial charge on any atom is -0.367 e. The number of hydrogen-bond acceptors (Lipinski definition) is 8.